The van der Waals surface area contributed by atoms with Gasteiger partial charge in [0.1, 0.15) is 6.23 Å². The van der Waals surface area contributed by atoms with Crippen LogP contribution in [0.3, 0.4) is 0 Å². The molecule has 2 saturated heterocycles. The second kappa shape index (κ2) is 8.87. The van der Waals surface area contributed by atoms with E-state index in [0.717, 1.165) is 59.0 Å². The van der Waals surface area contributed by atoms with Crippen molar-refractivity contribution in [2.75, 3.05) is 59.2 Å². The third-order valence-electron chi connectivity index (χ3n) is 3.95. The number of likely N-dealkylation sites (tertiary alicyclic amines) is 1. The van der Waals surface area contributed by atoms with Gasteiger partial charge in [0.2, 0.25) is 0 Å². The lowest BCUT2D eigenvalue weighted by atomic mass is 10.3. The van der Waals surface area contributed by atoms with Gasteiger partial charge in [0.15, 0.2) is 0 Å². The Balaban J connectivity index is 1.58. The summed E-state index contributed by atoms with van der Waals surface area (Å²) in [4.78, 5) is 4.75. The maximum absolute atomic E-state index is 10.8. The number of rotatable bonds is 8. The molecule has 1 radical (unpaired) electrons. The van der Waals surface area contributed by atoms with Crippen molar-refractivity contribution in [2.24, 2.45) is 0 Å². The fourth-order valence-corrected chi connectivity index (χ4v) is 2.83. The summed E-state index contributed by atoms with van der Waals surface area (Å²) in [6.07, 6.45) is 4.21. The highest BCUT2D eigenvalue weighted by atomic mass is 16.5. The molecule has 0 aliphatic carbocycles. The van der Waals surface area contributed by atoms with Gasteiger partial charge >= 0.3 is 0 Å². The van der Waals surface area contributed by atoms with Crippen LogP contribution in [0, 0.1) is 0 Å². The van der Waals surface area contributed by atoms with Crippen molar-refractivity contribution >= 4 is 0 Å². The molecule has 0 saturated carbocycles. The molecule has 0 bridgehead atoms. The summed E-state index contributed by atoms with van der Waals surface area (Å²) in [5, 5.41) is 10.8. The van der Waals surface area contributed by atoms with Crippen molar-refractivity contribution in [1.29, 1.82) is 0 Å². The Morgan fingerprint density at radius 2 is 1.84 bits per heavy atom. The van der Waals surface area contributed by atoms with Crippen LogP contribution < -0.4 is 0 Å². The molecule has 5 heteroatoms. The second-order valence-corrected chi connectivity index (χ2v) is 5.37. The van der Waals surface area contributed by atoms with Crippen LogP contribution in [0.25, 0.3) is 0 Å². The topological polar surface area (TPSA) is 44.8 Å². The minimum atomic E-state index is -0.0371. The first-order chi connectivity index (χ1) is 9.40. The van der Waals surface area contributed by atoms with E-state index < -0.39 is 0 Å². The average molecular weight is 271 g/mol. The van der Waals surface area contributed by atoms with Crippen molar-refractivity contribution in [3.8, 4) is 0 Å². The van der Waals surface area contributed by atoms with E-state index >= 15 is 0 Å². The second-order valence-electron chi connectivity index (χ2n) is 5.37. The third kappa shape index (κ3) is 5.36. The fraction of sp³-hybridized carbons (Fsp3) is 1.00. The summed E-state index contributed by atoms with van der Waals surface area (Å²) in [6.45, 7) is 7.77. The van der Waals surface area contributed by atoms with E-state index in [0.29, 0.717) is 6.42 Å². The lowest BCUT2D eigenvalue weighted by Crippen LogP contribution is -2.38. The average Bonchev–Trinajstić information content (AvgIpc) is 2.97. The van der Waals surface area contributed by atoms with Gasteiger partial charge in [0, 0.05) is 45.8 Å². The molecule has 111 valence electrons. The summed E-state index contributed by atoms with van der Waals surface area (Å²) < 4.78 is 11.3. The molecular formula is C14H27N2O3. The van der Waals surface area contributed by atoms with Crippen LogP contribution in [-0.2, 0) is 14.6 Å². The quantitative estimate of drug-likeness (QED) is 0.617. The predicted molar refractivity (Wildman–Crippen MR) is 72.6 cm³/mol. The van der Waals surface area contributed by atoms with E-state index in [1.807, 2.05) is 0 Å². The third-order valence-corrected chi connectivity index (χ3v) is 3.95. The van der Waals surface area contributed by atoms with E-state index in [9.17, 15) is 5.11 Å². The Kier molecular flexibility index (Phi) is 7.09. The maximum Gasteiger partial charge on any atom is 0.112 e. The zero-order valence-electron chi connectivity index (χ0n) is 11.9. The highest BCUT2D eigenvalue weighted by Crippen LogP contribution is 2.15. The standard InChI is InChI=1S/C14H27N2O3/c17-10-4-14(16-6-1-2-7-16)19-11-3-5-15-8-12-18-13-9-15/h14H,1-13H2. The van der Waals surface area contributed by atoms with Crippen molar-refractivity contribution in [1.82, 2.24) is 9.80 Å². The molecule has 0 N–H and O–H groups in total. The van der Waals surface area contributed by atoms with E-state index in [1.54, 1.807) is 0 Å². The summed E-state index contributed by atoms with van der Waals surface area (Å²) in [6, 6.07) is 0. The zero-order chi connectivity index (χ0) is 13.3. The Morgan fingerprint density at radius 1 is 1.11 bits per heavy atom. The zero-order valence-corrected chi connectivity index (χ0v) is 11.9. The van der Waals surface area contributed by atoms with Gasteiger partial charge in [-0.1, -0.05) is 0 Å². The number of hydrogen-bond donors (Lipinski definition) is 0. The van der Waals surface area contributed by atoms with Gasteiger partial charge in [-0.3, -0.25) is 9.80 Å². The van der Waals surface area contributed by atoms with Gasteiger partial charge < -0.3 is 9.47 Å². The van der Waals surface area contributed by atoms with Gasteiger partial charge in [0.25, 0.3) is 0 Å². The van der Waals surface area contributed by atoms with Crippen molar-refractivity contribution in [2.45, 2.75) is 31.9 Å². The Hall–Kier alpha value is -0.200. The SMILES string of the molecule is [O]CCC(OCCCN1CCOCC1)N1CCCC1. The van der Waals surface area contributed by atoms with Crippen molar-refractivity contribution in [3.63, 3.8) is 0 Å². The Morgan fingerprint density at radius 3 is 2.53 bits per heavy atom. The van der Waals surface area contributed by atoms with Crippen LogP contribution in [0.15, 0.2) is 0 Å². The maximum atomic E-state index is 10.8. The summed E-state index contributed by atoms with van der Waals surface area (Å²) in [5.41, 5.74) is 0. The monoisotopic (exact) mass is 271 g/mol. The first-order valence-electron chi connectivity index (χ1n) is 7.64. The molecule has 0 amide bonds. The minimum Gasteiger partial charge on any atom is -0.379 e. The molecule has 1 atom stereocenters. The lowest BCUT2D eigenvalue weighted by Gasteiger charge is -2.28. The molecular weight excluding hydrogens is 244 g/mol. The summed E-state index contributed by atoms with van der Waals surface area (Å²) in [7, 11) is 0. The largest absolute Gasteiger partial charge is 0.379 e. The molecule has 19 heavy (non-hydrogen) atoms. The molecule has 2 rings (SSSR count). The van der Waals surface area contributed by atoms with Crippen molar-refractivity contribution < 1.29 is 14.6 Å². The molecule has 2 aliphatic rings. The van der Waals surface area contributed by atoms with Crippen LogP contribution in [0.1, 0.15) is 25.7 Å². The van der Waals surface area contributed by atoms with Gasteiger partial charge in [0.05, 0.1) is 19.8 Å². The van der Waals surface area contributed by atoms with Crippen molar-refractivity contribution in [3.05, 3.63) is 0 Å². The first kappa shape index (κ1) is 15.2. The molecule has 2 fully saturated rings. The molecule has 0 aromatic carbocycles. The smallest absolute Gasteiger partial charge is 0.112 e. The molecule has 0 spiro atoms. The fourth-order valence-electron chi connectivity index (χ4n) is 2.83. The van der Waals surface area contributed by atoms with Gasteiger partial charge in [-0.2, -0.15) is 0 Å². The van der Waals surface area contributed by atoms with Crippen LogP contribution >= 0.6 is 0 Å². The van der Waals surface area contributed by atoms with Crippen LogP contribution in [-0.4, -0.2) is 75.2 Å². The summed E-state index contributed by atoms with van der Waals surface area (Å²) >= 11 is 0. The summed E-state index contributed by atoms with van der Waals surface area (Å²) in [5.74, 6) is 0. The molecule has 2 heterocycles. The molecule has 0 aromatic heterocycles. The Bertz CT molecular complexity index is 229. The van der Waals surface area contributed by atoms with E-state index in [2.05, 4.69) is 9.80 Å². The van der Waals surface area contributed by atoms with Gasteiger partial charge in [-0.05, 0) is 19.3 Å². The van der Waals surface area contributed by atoms with Crippen LogP contribution in [0.5, 0.6) is 0 Å². The lowest BCUT2D eigenvalue weighted by molar-refractivity contribution is -0.0683. The van der Waals surface area contributed by atoms with E-state index in [4.69, 9.17) is 9.47 Å². The van der Waals surface area contributed by atoms with Crippen LogP contribution in [0.4, 0.5) is 0 Å². The highest BCUT2D eigenvalue weighted by Gasteiger charge is 2.22. The van der Waals surface area contributed by atoms with Gasteiger partial charge in [-0.15, -0.1) is 0 Å². The van der Waals surface area contributed by atoms with E-state index in [1.165, 1.54) is 12.8 Å². The van der Waals surface area contributed by atoms with Crippen LogP contribution in [0.2, 0.25) is 0 Å². The molecule has 5 nitrogen and oxygen atoms in total. The number of hydrogen-bond acceptors (Lipinski definition) is 4. The number of ether oxygens (including phenoxy) is 2. The number of nitrogens with zero attached hydrogens (tertiary/aromatic N) is 2. The highest BCUT2D eigenvalue weighted by molar-refractivity contribution is 4.70. The first-order valence-corrected chi connectivity index (χ1v) is 7.64. The molecule has 1 unspecified atom stereocenters. The van der Waals surface area contributed by atoms with E-state index in [-0.39, 0.29) is 12.8 Å². The predicted octanol–water partition coefficient (Wildman–Crippen LogP) is 0.968. The number of morpholine rings is 1. The Labute approximate surface area is 116 Å². The normalized spacial score (nSPS) is 23.8. The minimum absolute atomic E-state index is 0.0371. The molecule has 0 aromatic rings. The molecule has 2 aliphatic heterocycles. The van der Waals surface area contributed by atoms with Gasteiger partial charge in [-0.25, -0.2) is 5.11 Å².